The fourth-order valence-corrected chi connectivity index (χ4v) is 13.0. The molecule has 0 spiro atoms. The lowest BCUT2D eigenvalue weighted by Crippen LogP contribution is -2.66. The minimum Gasteiger partial charge on any atom is -0.413 e. The topological polar surface area (TPSA) is 35.5 Å². The van der Waals surface area contributed by atoms with Gasteiger partial charge in [-0.25, -0.2) is 0 Å². The second-order valence-electron chi connectivity index (χ2n) is 14.9. The first kappa shape index (κ1) is 31.1. The lowest BCUT2D eigenvalue weighted by atomic mass is 9.71. The van der Waals surface area contributed by atoms with E-state index in [0.29, 0.717) is 24.4 Å². The highest BCUT2D eigenvalue weighted by Gasteiger charge is 2.52. The van der Waals surface area contributed by atoms with E-state index in [-0.39, 0.29) is 28.0 Å². The number of hydrogen-bond acceptors (Lipinski definition) is 3. The first-order chi connectivity index (χ1) is 18.7. The highest BCUT2D eigenvalue weighted by atomic mass is 28.4. The summed E-state index contributed by atoms with van der Waals surface area (Å²) in [7, 11) is -4.49. The summed E-state index contributed by atoms with van der Waals surface area (Å²) in [5, 5.41) is 2.72. The number of benzene rings is 2. The van der Waals surface area contributed by atoms with Crippen LogP contribution < -0.4 is 10.4 Å². The normalized spacial score (nSPS) is 27.4. The Balaban J connectivity index is 1.56. The molecule has 1 saturated carbocycles. The standard InChI is InChI=1S/C35H52O3Si2/c1-26-24-31-30(33(26)38-39(8,9)34(2,3)4)21-20-27(32(31)25-36)22-23-37-40(35(5,6)7,28-16-12-10-13-17-28)29-18-14-11-15-19-29/h10-21,25-27,30-33H,22-24H2,1-9H3/t26-,27+,30+,31-,32-,33-/m1/s1. The summed E-state index contributed by atoms with van der Waals surface area (Å²) in [6.45, 7) is 21.6. The summed E-state index contributed by atoms with van der Waals surface area (Å²) < 4.78 is 14.2. The van der Waals surface area contributed by atoms with E-state index in [4.69, 9.17) is 8.85 Å². The van der Waals surface area contributed by atoms with Crippen LogP contribution in [0.15, 0.2) is 72.8 Å². The molecule has 0 heterocycles. The number of aldehydes is 1. The minimum absolute atomic E-state index is 0.0215. The molecule has 218 valence electrons. The van der Waals surface area contributed by atoms with Crippen molar-refractivity contribution in [1.29, 1.82) is 0 Å². The van der Waals surface area contributed by atoms with Crippen molar-refractivity contribution in [3.63, 3.8) is 0 Å². The Morgan fingerprint density at radius 1 is 0.850 bits per heavy atom. The lowest BCUT2D eigenvalue weighted by Gasteiger charge is -2.44. The predicted molar refractivity (Wildman–Crippen MR) is 173 cm³/mol. The third-order valence-corrected chi connectivity index (χ3v) is 19.7. The summed E-state index contributed by atoms with van der Waals surface area (Å²) >= 11 is 0. The molecule has 0 bridgehead atoms. The number of rotatable bonds is 9. The molecule has 3 nitrogen and oxygen atoms in total. The molecule has 40 heavy (non-hydrogen) atoms. The molecule has 0 saturated heterocycles. The van der Waals surface area contributed by atoms with Gasteiger partial charge in [0.15, 0.2) is 8.32 Å². The maximum atomic E-state index is 12.6. The molecule has 5 heteroatoms. The van der Waals surface area contributed by atoms with E-state index in [1.54, 1.807) is 0 Å². The fourth-order valence-electron chi connectivity index (χ4n) is 7.04. The smallest absolute Gasteiger partial charge is 0.261 e. The van der Waals surface area contributed by atoms with Gasteiger partial charge in [-0.1, -0.05) is 121 Å². The maximum absolute atomic E-state index is 12.6. The van der Waals surface area contributed by atoms with Crippen LogP contribution in [0.25, 0.3) is 0 Å². The highest BCUT2D eigenvalue weighted by molar-refractivity contribution is 6.99. The average molecular weight is 577 g/mol. The van der Waals surface area contributed by atoms with Gasteiger partial charge in [-0.05, 0) is 64.1 Å². The van der Waals surface area contributed by atoms with Gasteiger partial charge < -0.3 is 13.6 Å². The van der Waals surface area contributed by atoms with Gasteiger partial charge >= 0.3 is 0 Å². The van der Waals surface area contributed by atoms with Crippen LogP contribution in [0, 0.1) is 29.6 Å². The molecule has 6 atom stereocenters. The Bertz CT molecular complexity index is 1110. The molecule has 4 rings (SSSR count). The van der Waals surface area contributed by atoms with Crippen LogP contribution >= 0.6 is 0 Å². The zero-order chi connectivity index (χ0) is 29.3. The van der Waals surface area contributed by atoms with Crippen molar-refractivity contribution in [3.8, 4) is 0 Å². The zero-order valence-corrected chi connectivity index (χ0v) is 28.3. The Kier molecular flexibility index (Phi) is 9.21. The number of allylic oxidation sites excluding steroid dienone is 1. The Labute approximate surface area is 246 Å². The Hall–Kier alpha value is -1.80. The van der Waals surface area contributed by atoms with Crippen molar-refractivity contribution in [2.45, 2.75) is 90.6 Å². The van der Waals surface area contributed by atoms with E-state index in [0.717, 1.165) is 12.8 Å². The van der Waals surface area contributed by atoms with Gasteiger partial charge in [-0.3, -0.25) is 0 Å². The van der Waals surface area contributed by atoms with Crippen LogP contribution in [0.5, 0.6) is 0 Å². The monoisotopic (exact) mass is 576 g/mol. The quantitative estimate of drug-likeness (QED) is 0.175. The van der Waals surface area contributed by atoms with Gasteiger partial charge in [-0.2, -0.15) is 0 Å². The molecular weight excluding hydrogens is 525 g/mol. The number of carbonyl (C=O) groups excluding carboxylic acids is 1. The number of carbonyl (C=O) groups is 1. The van der Waals surface area contributed by atoms with E-state index >= 15 is 0 Å². The van der Waals surface area contributed by atoms with E-state index in [1.165, 1.54) is 16.7 Å². The van der Waals surface area contributed by atoms with Gasteiger partial charge in [-0.15, -0.1) is 0 Å². The summed E-state index contributed by atoms with van der Waals surface area (Å²) in [4.78, 5) is 12.6. The van der Waals surface area contributed by atoms with Crippen molar-refractivity contribution in [2.24, 2.45) is 29.6 Å². The lowest BCUT2D eigenvalue weighted by molar-refractivity contribution is -0.114. The van der Waals surface area contributed by atoms with Crippen molar-refractivity contribution in [2.75, 3.05) is 6.61 Å². The molecule has 0 unspecified atom stereocenters. The molecule has 2 aliphatic rings. The van der Waals surface area contributed by atoms with E-state index in [2.05, 4.69) is 134 Å². The largest absolute Gasteiger partial charge is 0.413 e. The van der Waals surface area contributed by atoms with E-state index in [9.17, 15) is 4.79 Å². The van der Waals surface area contributed by atoms with Crippen molar-refractivity contribution in [3.05, 3.63) is 72.8 Å². The summed E-state index contributed by atoms with van der Waals surface area (Å²) in [5.41, 5.74) is 0. The van der Waals surface area contributed by atoms with E-state index < -0.39 is 16.6 Å². The molecule has 0 N–H and O–H groups in total. The Morgan fingerprint density at radius 2 is 1.40 bits per heavy atom. The van der Waals surface area contributed by atoms with Crippen LogP contribution in [0.3, 0.4) is 0 Å². The van der Waals surface area contributed by atoms with Crippen molar-refractivity contribution < 1.29 is 13.6 Å². The molecule has 2 aromatic carbocycles. The molecule has 0 aliphatic heterocycles. The molecule has 0 amide bonds. The molecule has 0 aromatic heterocycles. The summed E-state index contributed by atoms with van der Waals surface area (Å²) in [5.74, 6) is 1.37. The van der Waals surface area contributed by atoms with Gasteiger partial charge in [0.05, 0.1) is 6.10 Å². The van der Waals surface area contributed by atoms with Crippen LogP contribution in [0.1, 0.15) is 61.3 Å². The average Bonchev–Trinajstić information content (AvgIpc) is 3.20. The molecule has 1 fully saturated rings. The summed E-state index contributed by atoms with van der Waals surface area (Å²) in [6, 6.07) is 21.7. The van der Waals surface area contributed by atoms with Gasteiger partial charge in [0.2, 0.25) is 0 Å². The third kappa shape index (κ3) is 5.90. The van der Waals surface area contributed by atoms with Crippen LogP contribution in [-0.4, -0.2) is 35.6 Å². The van der Waals surface area contributed by atoms with Gasteiger partial charge in [0, 0.05) is 18.4 Å². The second-order valence-corrected chi connectivity index (χ2v) is 23.9. The molecule has 2 aliphatic carbocycles. The first-order valence-electron chi connectivity index (χ1n) is 15.3. The van der Waals surface area contributed by atoms with Crippen LogP contribution in [-0.2, 0) is 13.6 Å². The van der Waals surface area contributed by atoms with E-state index in [1.807, 2.05) is 0 Å². The first-order valence-corrected chi connectivity index (χ1v) is 20.1. The van der Waals surface area contributed by atoms with Gasteiger partial charge in [0.25, 0.3) is 8.32 Å². The molecule has 2 aromatic rings. The number of hydrogen-bond donors (Lipinski definition) is 0. The Morgan fingerprint density at radius 3 is 1.88 bits per heavy atom. The SMILES string of the molecule is C[C@@H]1C[C@@H]2[C@H](C=C[C@@H](CCO[Si](c3ccccc3)(c3ccccc3)C(C)(C)C)[C@H]2C=O)[C@@H]1O[Si](C)(C)C(C)(C)C. The van der Waals surface area contributed by atoms with Crippen LogP contribution in [0.2, 0.25) is 23.2 Å². The highest BCUT2D eigenvalue weighted by Crippen LogP contribution is 2.51. The second kappa shape index (κ2) is 11.8. The van der Waals surface area contributed by atoms with Crippen LogP contribution in [0.4, 0.5) is 0 Å². The predicted octanol–water partition coefficient (Wildman–Crippen LogP) is 7.62. The maximum Gasteiger partial charge on any atom is 0.261 e. The minimum atomic E-state index is -2.59. The third-order valence-electron chi connectivity index (χ3n) is 10.2. The summed E-state index contributed by atoms with van der Waals surface area (Å²) in [6.07, 6.45) is 8.10. The zero-order valence-electron chi connectivity index (χ0n) is 26.3. The number of fused-ring (bicyclic) bond motifs is 1. The molecular formula is C35H52O3Si2. The van der Waals surface area contributed by atoms with Crippen molar-refractivity contribution in [1.82, 2.24) is 0 Å². The van der Waals surface area contributed by atoms with Crippen molar-refractivity contribution >= 4 is 33.3 Å². The molecule has 0 radical (unpaired) electrons. The fraction of sp³-hybridized carbons (Fsp3) is 0.571. The van der Waals surface area contributed by atoms with Gasteiger partial charge in [0.1, 0.15) is 6.29 Å².